The minimum Gasteiger partial charge on any atom is -0.481 e. The highest BCUT2D eigenvalue weighted by molar-refractivity contribution is 5.21. The predicted octanol–water partition coefficient (Wildman–Crippen LogP) is 3.64. The number of methoxy groups -OCH3 is 1. The van der Waals surface area contributed by atoms with Crippen LogP contribution < -0.4 is 14.2 Å². The normalized spacial score (nSPS) is 20.6. The van der Waals surface area contributed by atoms with Gasteiger partial charge in [-0.3, -0.25) is 0 Å². The Morgan fingerprint density at radius 3 is 2.53 bits per heavy atom. The van der Waals surface area contributed by atoms with E-state index in [2.05, 4.69) is 9.97 Å². The SMILES string of the molecule is COc1ccnc(OC[C@H]2OC(Oc3ccccc3)C[C@@H]2OCc2ccccc2)n1. The van der Waals surface area contributed by atoms with E-state index in [-0.39, 0.29) is 24.8 Å². The highest BCUT2D eigenvalue weighted by atomic mass is 16.7. The van der Waals surface area contributed by atoms with Gasteiger partial charge in [-0.1, -0.05) is 48.5 Å². The van der Waals surface area contributed by atoms with E-state index in [1.54, 1.807) is 19.4 Å². The third-order valence-corrected chi connectivity index (χ3v) is 4.68. The van der Waals surface area contributed by atoms with Gasteiger partial charge >= 0.3 is 6.01 Å². The van der Waals surface area contributed by atoms with Crippen molar-refractivity contribution >= 4 is 0 Å². The molecule has 1 aliphatic heterocycles. The number of hydrogen-bond acceptors (Lipinski definition) is 7. The van der Waals surface area contributed by atoms with Gasteiger partial charge in [0.2, 0.25) is 12.2 Å². The van der Waals surface area contributed by atoms with Gasteiger partial charge in [0, 0.05) is 18.7 Å². The number of aromatic nitrogens is 2. The van der Waals surface area contributed by atoms with Gasteiger partial charge in [0.15, 0.2) is 0 Å². The Kier molecular flexibility index (Phi) is 6.74. The first-order valence-corrected chi connectivity index (χ1v) is 9.82. The molecule has 156 valence electrons. The summed E-state index contributed by atoms with van der Waals surface area (Å²) in [5.74, 6) is 1.19. The monoisotopic (exact) mass is 408 g/mol. The molecule has 7 heteroatoms. The zero-order chi connectivity index (χ0) is 20.6. The van der Waals surface area contributed by atoms with Crippen molar-refractivity contribution < 1.29 is 23.7 Å². The molecule has 0 radical (unpaired) electrons. The zero-order valence-corrected chi connectivity index (χ0v) is 16.7. The van der Waals surface area contributed by atoms with E-state index in [1.165, 1.54) is 0 Å². The molecule has 1 fully saturated rings. The molecule has 4 rings (SSSR count). The molecule has 0 aliphatic carbocycles. The summed E-state index contributed by atoms with van der Waals surface area (Å²) in [6, 6.07) is 21.5. The fraction of sp³-hybridized carbons (Fsp3) is 0.304. The molecule has 7 nitrogen and oxygen atoms in total. The van der Waals surface area contributed by atoms with Crippen molar-refractivity contribution in [1.29, 1.82) is 0 Å². The molecule has 0 spiro atoms. The minimum absolute atomic E-state index is 0.190. The van der Waals surface area contributed by atoms with Crippen molar-refractivity contribution in [3.63, 3.8) is 0 Å². The summed E-state index contributed by atoms with van der Waals surface area (Å²) in [6.07, 6.45) is 1.24. The molecule has 2 aromatic carbocycles. The lowest BCUT2D eigenvalue weighted by Gasteiger charge is -2.19. The van der Waals surface area contributed by atoms with E-state index in [4.69, 9.17) is 23.7 Å². The summed E-state index contributed by atoms with van der Waals surface area (Å²) in [4.78, 5) is 8.29. The third kappa shape index (κ3) is 5.46. The van der Waals surface area contributed by atoms with Crippen molar-refractivity contribution in [3.8, 4) is 17.6 Å². The van der Waals surface area contributed by atoms with Crippen LogP contribution in [-0.4, -0.2) is 42.2 Å². The van der Waals surface area contributed by atoms with Gasteiger partial charge in [-0.25, -0.2) is 4.98 Å². The number of hydrogen-bond donors (Lipinski definition) is 0. The molecule has 3 atom stereocenters. The Balaban J connectivity index is 1.40. The van der Waals surface area contributed by atoms with Crippen LogP contribution in [0.3, 0.4) is 0 Å². The van der Waals surface area contributed by atoms with Crippen LogP contribution in [0.1, 0.15) is 12.0 Å². The standard InChI is InChI=1S/C23H24N2O5/c1-26-21-12-13-24-23(25-21)28-16-20-19(27-15-17-8-4-2-5-9-17)14-22(30-20)29-18-10-6-3-7-11-18/h2-13,19-20,22H,14-16H2,1H3/t19-,20+,22?/m0/s1. The quantitative estimate of drug-likeness (QED) is 0.535. The maximum Gasteiger partial charge on any atom is 0.319 e. The van der Waals surface area contributed by atoms with Crippen molar-refractivity contribution in [3.05, 3.63) is 78.5 Å². The second-order valence-corrected chi connectivity index (χ2v) is 6.80. The summed E-state index contributed by atoms with van der Waals surface area (Å²) in [5, 5.41) is 0. The molecule has 0 amide bonds. The Hall–Kier alpha value is -3.16. The second-order valence-electron chi connectivity index (χ2n) is 6.80. The van der Waals surface area contributed by atoms with E-state index in [9.17, 15) is 0 Å². The molecule has 1 aliphatic rings. The number of ether oxygens (including phenoxy) is 5. The molecule has 2 heterocycles. The molecule has 0 N–H and O–H groups in total. The largest absolute Gasteiger partial charge is 0.481 e. The van der Waals surface area contributed by atoms with Crippen molar-refractivity contribution in [2.24, 2.45) is 0 Å². The number of rotatable bonds is 9. The molecule has 0 saturated carbocycles. The third-order valence-electron chi connectivity index (χ3n) is 4.68. The zero-order valence-electron chi connectivity index (χ0n) is 16.7. The van der Waals surface area contributed by atoms with Crippen LogP contribution in [0, 0.1) is 0 Å². The lowest BCUT2D eigenvalue weighted by molar-refractivity contribution is -0.0977. The topological polar surface area (TPSA) is 71.9 Å². The Labute approximate surface area is 175 Å². The number of para-hydroxylation sites is 1. The van der Waals surface area contributed by atoms with Gasteiger partial charge < -0.3 is 23.7 Å². The Morgan fingerprint density at radius 1 is 1.00 bits per heavy atom. The van der Waals surface area contributed by atoms with Crippen LogP contribution in [0.25, 0.3) is 0 Å². The lowest BCUT2D eigenvalue weighted by atomic mass is 10.2. The number of nitrogens with zero attached hydrogens (tertiary/aromatic N) is 2. The predicted molar refractivity (Wildman–Crippen MR) is 109 cm³/mol. The average Bonchev–Trinajstić information content (AvgIpc) is 3.19. The first-order chi connectivity index (χ1) is 14.8. The smallest absolute Gasteiger partial charge is 0.319 e. The van der Waals surface area contributed by atoms with Gasteiger partial charge in [0.05, 0.1) is 19.8 Å². The molecule has 1 saturated heterocycles. The van der Waals surface area contributed by atoms with E-state index in [1.807, 2.05) is 60.7 Å². The van der Waals surface area contributed by atoms with Gasteiger partial charge in [-0.2, -0.15) is 4.98 Å². The first kappa shape index (κ1) is 20.1. The van der Waals surface area contributed by atoms with Gasteiger partial charge in [0.1, 0.15) is 18.5 Å². The average molecular weight is 408 g/mol. The summed E-state index contributed by atoms with van der Waals surface area (Å²) in [7, 11) is 1.55. The Morgan fingerprint density at radius 2 is 1.77 bits per heavy atom. The fourth-order valence-electron chi connectivity index (χ4n) is 3.17. The van der Waals surface area contributed by atoms with Crippen LogP contribution >= 0.6 is 0 Å². The summed E-state index contributed by atoms with van der Waals surface area (Å²) in [5.41, 5.74) is 1.10. The van der Waals surface area contributed by atoms with E-state index in [0.717, 1.165) is 11.3 Å². The molecular formula is C23H24N2O5. The van der Waals surface area contributed by atoms with E-state index in [0.29, 0.717) is 18.9 Å². The highest BCUT2D eigenvalue weighted by Crippen LogP contribution is 2.27. The maximum atomic E-state index is 6.15. The molecule has 1 aromatic heterocycles. The molecule has 1 unspecified atom stereocenters. The number of benzene rings is 2. The maximum absolute atomic E-state index is 6.15. The van der Waals surface area contributed by atoms with Gasteiger partial charge in [-0.15, -0.1) is 0 Å². The van der Waals surface area contributed by atoms with E-state index < -0.39 is 6.29 Å². The van der Waals surface area contributed by atoms with Gasteiger partial charge in [0.25, 0.3) is 0 Å². The molecule has 3 aromatic rings. The summed E-state index contributed by atoms with van der Waals surface area (Å²) < 4.78 is 29.1. The Bertz CT molecular complexity index is 910. The summed E-state index contributed by atoms with van der Waals surface area (Å²) in [6.45, 7) is 0.723. The van der Waals surface area contributed by atoms with E-state index >= 15 is 0 Å². The highest BCUT2D eigenvalue weighted by Gasteiger charge is 2.38. The molecule has 30 heavy (non-hydrogen) atoms. The summed E-state index contributed by atoms with van der Waals surface area (Å²) >= 11 is 0. The second kappa shape index (κ2) is 10.0. The van der Waals surface area contributed by atoms with Crippen LogP contribution in [0.2, 0.25) is 0 Å². The van der Waals surface area contributed by atoms with Crippen molar-refractivity contribution in [1.82, 2.24) is 9.97 Å². The van der Waals surface area contributed by atoms with Crippen LogP contribution in [0.4, 0.5) is 0 Å². The first-order valence-electron chi connectivity index (χ1n) is 9.82. The molecular weight excluding hydrogens is 384 g/mol. The molecule has 0 bridgehead atoms. The van der Waals surface area contributed by atoms with Crippen LogP contribution in [0.15, 0.2) is 72.9 Å². The lowest BCUT2D eigenvalue weighted by Crippen LogP contribution is -2.31. The minimum atomic E-state index is -0.423. The van der Waals surface area contributed by atoms with Crippen LogP contribution in [-0.2, 0) is 16.1 Å². The fourth-order valence-corrected chi connectivity index (χ4v) is 3.17. The van der Waals surface area contributed by atoms with Crippen molar-refractivity contribution in [2.45, 2.75) is 31.5 Å². The van der Waals surface area contributed by atoms with Crippen molar-refractivity contribution in [2.75, 3.05) is 13.7 Å². The van der Waals surface area contributed by atoms with Crippen LogP contribution in [0.5, 0.6) is 17.6 Å². The van der Waals surface area contributed by atoms with Gasteiger partial charge in [-0.05, 0) is 17.7 Å².